The first kappa shape index (κ1) is 13.2. The van der Waals surface area contributed by atoms with Gasteiger partial charge in [0.2, 0.25) is 5.91 Å². The molecule has 4 heteroatoms. The number of halogens is 1. The fourth-order valence-corrected chi connectivity index (χ4v) is 1.93. The van der Waals surface area contributed by atoms with Crippen molar-refractivity contribution in [3.05, 3.63) is 28.7 Å². The second-order valence-corrected chi connectivity index (χ2v) is 4.77. The number of rotatable bonds is 4. The smallest absolute Gasteiger partial charge is 0.226 e. The molecule has 1 aromatic carbocycles. The Morgan fingerprint density at radius 3 is 2.69 bits per heavy atom. The minimum Gasteiger partial charge on any atom is -0.328 e. The van der Waals surface area contributed by atoms with Crippen molar-refractivity contribution < 1.29 is 4.79 Å². The molecule has 3 nitrogen and oxygen atoms in total. The van der Waals surface area contributed by atoms with Crippen LogP contribution in [0.3, 0.4) is 0 Å². The molecule has 0 saturated carbocycles. The first-order valence-electron chi connectivity index (χ1n) is 5.29. The maximum atomic E-state index is 11.8. The Morgan fingerprint density at radius 2 is 2.12 bits per heavy atom. The van der Waals surface area contributed by atoms with Crippen LogP contribution >= 0.6 is 15.9 Å². The molecule has 2 N–H and O–H groups in total. The molecule has 0 saturated heterocycles. The Balaban J connectivity index is 2.67. The van der Waals surface area contributed by atoms with E-state index in [0.717, 1.165) is 10.2 Å². The molecule has 0 aliphatic rings. The zero-order chi connectivity index (χ0) is 12.1. The number of para-hydroxylation sites is 1. The van der Waals surface area contributed by atoms with Crippen LogP contribution in [-0.4, -0.2) is 19.0 Å². The van der Waals surface area contributed by atoms with Crippen molar-refractivity contribution in [2.24, 2.45) is 5.73 Å². The van der Waals surface area contributed by atoms with E-state index in [1.54, 1.807) is 11.9 Å². The van der Waals surface area contributed by atoms with E-state index in [1.165, 1.54) is 0 Å². The molecule has 88 valence electrons. The van der Waals surface area contributed by atoms with Crippen LogP contribution in [0.5, 0.6) is 0 Å². The zero-order valence-electron chi connectivity index (χ0n) is 9.61. The highest BCUT2D eigenvalue weighted by atomic mass is 79.9. The molecule has 1 amide bonds. The van der Waals surface area contributed by atoms with Gasteiger partial charge in [-0.25, -0.2) is 0 Å². The molecular weight excluding hydrogens is 268 g/mol. The molecule has 1 atom stereocenters. The van der Waals surface area contributed by atoms with Gasteiger partial charge in [-0.05, 0) is 41.4 Å². The van der Waals surface area contributed by atoms with Crippen molar-refractivity contribution in [2.45, 2.75) is 25.8 Å². The van der Waals surface area contributed by atoms with Gasteiger partial charge in [0.15, 0.2) is 0 Å². The Hall–Kier alpha value is -0.870. The SMILES string of the molecule is CC(N)CCC(=O)N(C)c1ccccc1Br. The normalized spacial score (nSPS) is 12.2. The summed E-state index contributed by atoms with van der Waals surface area (Å²) in [7, 11) is 1.78. The summed E-state index contributed by atoms with van der Waals surface area (Å²) in [5.41, 5.74) is 6.52. The van der Waals surface area contributed by atoms with Gasteiger partial charge in [-0.3, -0.25) is 4.79 Å². The van der Waals surface area contributed by atoms with E-state index >= 15 is 0 Å². The summed E-state index contributed by atoms with van der Waals surface area (Å²) in [6.45, 7) is 1.91. The largest absolute Gasteiger partial charge is 0.328 e. The number of benzene rings is 1. The van der Waals surface area contributed by atoms with Gasteiger partial charge in [-0.2, -0.15) is 0 Å². The third-order valence-corrected chi connectivity index (χ3v) is 3.07. The van der Waals surface area contributed by atoms with E-state index in [-0.39, 0.29) is 11.9 Å². The van der Waals surface area contributed by atoms with Gasteiger partial charge in [-0.1, -0.05) is 12.1 Å². The topological polar surface area (TPSA) is 46.3 Å². The predicted octanol–water partition coefficient (Wildman–Crippen LogP) is 2.54. The van der Waals surface area contributed by atoms with Crippen molar-refractivity contribution in [3.8, 4) is 0 Å². The van der Waals surface area contributed by atoms with Crippen LogP contribution in [0, 0.1) is 0 Å². The molecule has 0 aromatic heterocycles. The number of carbonyl (C=O) groups is 1. The molecule has 0 heterocycles. The van der Waals surface area contributed by atoms with E-state index in [1.807, 2.05) is 31.2 Å². The molecule has 0 radical (unpaired) electrons. The predicted molar refractivity (Wildman–Crippen MR) is 70.4 cm³/mol. The van der Waals surface area contributed by atoms with Gasteiger partial charge in [-0.15, -0.1) is 0 Å². The summed E-state index contributed by atoms with van der Waals surface area (Å²) in [5, 5.41) is 0. The number of hydrogen-bond acceptors (Lipinski definition) is 2. The van der Waals surface area contributed by atoms with Crippen molar-refractivity contribution in [3.63, 3.8) is 0 Å². The lowest BCUT2D eigenvalue weighted by Gasteiger charge is -2.19. The molecule has 0 fully saturated rings. The fourth-order valence-electron chi connectivity index (χ4n) is 1.38. The lowest BCUT2D eigenvalue weighted by Crippen LogP contribution is -2.28. The van der Waals surface area contributed by atoms with Gasteiger partial charge in [0.05, 0.1) is 5.69 Å². The zero-order valence-corrected chi connectivity index (χ0v) is 11.2. The summed E-state index contributed by atoms with van der Waals surface area (Å²) in [6, 6.07) is 7.73. The Kier molecular flexibility index (Phi) is 4.96. The highest BCUT2D eigenvalue weighted by Crippen LogP contribution is 2.25. The van der Waals surface area contributed by atoms with Gasteiger partial charge >= 0.3 is 0 Å². The third kappa shape index (κ3) is 3.61. The number of carbonyl (C=O) groups excluding carboxylic acids is 1. The van der Waals surface area contributed by atoms with E-state index in [2.05, 4.69) is 15.9 Å². The number of amides is 1. The summed E-state index contributed by atoms with van der Waals surface area (Å²) in [6.07, 6.45) is 1.20. The van der Waals surface area contributed by atoms with Gasteiger partial charge in [0.25, 0.3) is 0 Å². The van der Waals surface area contributed by atoms with Gasteiger partial charge < -0.3 is 10.6 Å². The Labute approximate surface area is 105 Å². The molecule has 16 heavy (non-hydrogen) atoms. The van der Waals surface area contributed by atoms with E-state index in [0.29, 0.717) is 12.8 Å². The number of nitrogens with zero attached hydrogens (tertiary/aromatic N) is 1. The quantitative estimate of drug-likeness (QED) is 0.924. The van der Waals surface area contributed by atoms with Crippen LogP contribution in [0.1, 0.15) is 19.8 Å². The number of hydrogen-bond donors (Lipinski definition) is 1. The molecule has 0 aliphatic carbocycles. The van der Waals surface area contributed by atoms with E-state index < -0.39 is 0 Å². The van der Waals surface area contributed by atoms with Crippen LogP contribution in [-0.2, 0) is 4.79 Å². The third-order valence-electron chi connectivity index (χ3n) is 2.40. The number of nitrogens with two attached hydrogens (primary N) is 1. The standard InChI is InChI=1S/C12H17BrN2O/c1-9(14)7-8-12(16)15(2)11-6-4-3-5-10(11)13/h3-6,9H,7-8,14H2,1-2H3. The molecule has 1 rings (SSSR count). The van der Waals surface area contributed by atoms with Gasteiger partial charge in [0, 0.05) is 24.0 Å². The molecule has 0 aliphatic heterocycles. The molecule has 1 aromatic rings. The van der Waals surface area contributed by atoms with Crippen molar-refractivity contribution in [1.29, 1.82) is 0 Å². The summed E-state index contributed by atoms with van der Waals surface area (Å²) >= 11 is 3.43. The van der Waals surface area contributed by atoms with Crippen LogP contribution in [0.25, 0.3) is 0 Å². The average Bonchev–Trinajstić information content (AvgIpc) is 2.25. The summed E-state index contributed by atoms with van der Waals surface area (Å²) in [4.78, 5) is 13.5. The van der Waals surface area contributed by atoms with Gasteiger partial charge in [0.1, 0.15) is 0 Å². The Morgan fingerprint density at radius 1 is 1.50 bits per heavy atom. The van der Waals surface area contributed by atoms with Crippen LogP contribution < -0.4 is 10.6 Å². The van der Waals surface area contributed by atoms with Crippen molar-refractivity contribution in [2.75, 3.05) is 11.9 Å². The monoisotopic (exact) mass is 284 g/mol. The summed E-state index contributed by atoms with van der Waals surface area (Å²) < 4.78 is 0.923. The first-order valence-corrected chi connectivity index (χ1v) is 6.08. The highest BCUT2D eigenvalue weighted by molar-refractivity contribution is 9.10. The van der Waals surface area contributed by atoms with Crippen LogP contribution in [0.15, 0.2) is 28.7 Å². The van der Waals surface area contributed by atoms with Crippen molar-refractivity contribution >= 4 is 27.5 Å². The summed E-state index contributed by atoms with van der Waals surface area (Å²) in [5.74, 6) is 0.0872. The Bertz CT molecular complexity index is 366. The fraction of sp³-hybridized carbons (Fsp3) is 0.417. The minimum atomic E-state index is 0.0663. The lowest BCUT2D eigenvalue weighted by atomic mass is 10.2. The molecule has 0 spiro atoms. The second-order valence-electron chi connectivity index (χ2n) is 3.92. The van der Waals surface area contributed by atoms with Crippen LogP contribution in [0.2, 0.25) is 0 Å². The second kappa shape index (κ2) is 6.01. The van der Waals surface area contributed by atoms with Crippen LogP contribution in [0.4, 0.5) is 5.69 Å². The number of anilines is 1. The van der Waals surface area contributed by atoms with E-state index in [4.69, 9.17) is 5.73 Å². The lowest BCUT2D eigenvalue weighted by molar-refractivity contribution is -0.118. The molecular formula is C12H17BrN2O. The maximum absolute atomic E-state index is 11.8. The molecule has 1 unspecified atom stereocenters. The molecule has 0 bridgehead atoms. The van der Waals surface area contributed by atoms with Crippen molar-refractivity contribution in [1.82, 2.24) is 0 Å². The maximum Gasteiger partial charge on any atom is 0.226 e. The average molecular weight is 285 g/mol. The highest BCUT2D eigenvalue weighted by Gasteiger charge is 2.13. The minimum absolute atomic E-state index is 0.0663. The van der Waals surface area contributed by atoms with E-state index in [9.17, 15) is 4.79 Å². The first-order chi connectivity index (χ1) is 7.52.